The lowest BCUT2D eigenvalue weighted by Crippen LogP contribution is -2.40. The maximum Gasteiger partial charge on any atom is 0.261 e. The van der Waals surface area contributed by atoms with Gasteiger partial charge in [0.1, 0.15) is 5.82 Å². The summed E-state index contributed by atoms with van der Waals surface area (Å²) in [6.07, 6.45) is 11.1. The normalized spacial score (nSPS) is 19.6. The van der Waals surface area contributed by atoms with Crippen LogP contribution in [-0.2, 0) is 13.0 Å². The molecule has 4 heterocycles. The van der Waals surface area contributed by atoms with Gasteiger partial charge >= 0.3 is 0 Å². The second-order valence-electron chi connectivity index (χ2n) is 8.93. The van der Waals surface area contributed by atoms with Crippen LogP contribution in [0.15, 0.2) is 35.4 Å². The number of piperidine rings is 1. The van der Waals surface area contributed by atoms with Crippen molar-refractivity contribution in [2.75, 3.05) is 13.1 Å². The van der Waals surface area contributed by atoms with Crippen molar-refractivity contribution < 1.29 is 4.79 Å². The van der Waals surface area contributed by atoms with E-state index >= 15 is 0 Å². The molecule has 0 spiro atoms. The van der Waals surface area contributed by atoms with Gasteiger partial charge in [-0.3, -0.25) is 18.8 Å². The Balaban J connectivity index is 1.43. The van der Waals surface area contributed by atoms with E-state index in [0.717, 1.165) is 63.0 Å². The van der Waals surface area contributed by atoms with Gasteiger partial charge in [-0.1, -0.05) is 12.8 Å². The van der Waals surface area contributed by atoms with Gasteiger partial charge in [0, 0.05) is 37.8 Å². The van der Waals surface area contributed by atoms with E-state index in [2.05, 4.69) is 5.10 Å². The van der Waals surface area contributed by atoms with Gasteiger partial charge in [0.25, 0.3) is 11.5 Å². The van der Waals surface area contributed by atoms with Gasteiger partial charge < -0.3 is 4.90 Å². The molecule has 0 saturated carbocycles. The lowest BCUT2D eigenvalue weighted by atomic mass is 10.0. The standard InChI is InChI=1S/C24H29N5O2/c1-17-14-25-29(15-17)19-7-6-11-27(16-19)23(30)18-9-10-20-21(13-18)26-22-8-4-2-3-5-12-28(22)24(20)31/h9-10,13-15,19H,2-8,11-12,16H2,1H3. The summed E-state index contributed by atoms with van der Waals surface area (Å²) in [6, 6.07) is 5.57. The summed E-state index contributed by atoms with van der Waals surface area (Å²) in [5.41, 5.74) is 2.39. The molecule has 1 fully saturated rings. The fourth-order valence-corrected chi connectivity index (χ4v) is 4.90. The van der Waals surface area contributed by atoms with Crippen LogP contribution in [0.3, 0.4) is 0 Å². The second-order valence-corrected chi connectivity index (χ2v) is 8.93. The van der Waals surface area contributed by atoms with Crippen molar-refractivity contribution in [1.82, 2.24) is 24.2 Å². The van der Waals surface area contributed by atoms with Crippen molar-refractivity contribution in [3.8, 4) is 0 Å². The Kier molecular flexibility index (Phi) is 5.34. The lowest BCUT2D eigenvalue weighted by molar-refractivity contribution is 0.0673. The highest BCUT2D eigenvalue weighted by atomic mass is 16.2. The molecular formula is C24H29N5O2. The first kappa shape index (κ1) is 20.0. The van der Waals surface area contributed by atoms with E-state index in [9.17, 15) is 9.59 Å². The third-order valence-electron chi connectivity index (χ3n) is 6.60. The SMILES string of the molecule is Cc1cnn(C2CCCN(C(=O)c3ccc4c(=O)n5c(nc4c3)CCCCCC5)C2)c1. The summed E-state index contributed by atoms with van der Waals surface area (Å²) in [5, 5.41) is 5.04. The van der Waals surface area contributed by atoms with Gasteiger partial charge in [0.15, 0.2) is 0 Å². The third kappa shape index (κ3) is 3.89. The molecule has 2 aliphatic heterocycles. The van der Waals surface area contributed by atoms with Gasteiger partial charge in [-0.05, 0) is 56.4 Å². The number of likely N-dealkylation sites (tertiary alicyclic amines) is 1. The zero-order valence-corrected chi connectivity index (χ0v) is 18.1. The zero-order chi connectivity index (χ0) is 21.4. The highest BCUT2D eigenvalue weighted by Crippen LogP contribution is 2.24. The Labute approximate surface area is 181 Å². The van der Waals surface area contributed by atoms with E-state index in [-0.39, 0.29) is 17.5 Å². The van der Waals surface area contributed by atoms with E-state index in [4.69, 9.17) is 4.98 Å². The molecule has 31 heavy (non-hydrogen) atoms. The zero-order valence-electron chi connectivity index (χ0n) is 18.1. The Morgan fingerprint density at radius 2 is 1.97 bits per heavy atom. The minimum absolute atomic E-state index is 0.00382. The molecule has 0 aliphatic carbocycles. The first-order chi connectivity index (χ1) is 15.1. The van der Waals surface area contributed by atoms with Gasteiger partial charge in [0.05, 0.1) is 23.1 Å². The molecule has 1 unspecified atom stereocenters. The van der Waals surface area contributed by atoms with Gasteiger partial charge in [-0.25, -0.2) is 4.98 Å². The summed E-state index contributed by atoms with van der Waals surface area (Å²) in [5.74, 6) is 0.859. The van der Waals surface area contributed by atoms with Crippen LogP contribution in [0.4, 0.5) is 0 Å². The second kappa shape index (κ2) is 8.29. The Morgan fingerprint density at radius 3 is 2.81 bits per heavy atom. The number of nitrogens with zero attached hydrogens (tertiary/aromatic N) is 5. The molecule has 0 radical (unpaired) electrons. The topological polar surface area (TPSA) is 73.0 Å². The van der Waals surface area contributed by atoms with E-state index in [0.29, 0.717) is 23.0 Å². The summed E-state index contributed by atoms with van der Waals surface area (Å²) in [6.45, 7) is 4.16. The van der Waals surface area contributed by atoms with Crippen molar-refractivity contribution in [1.29, 1.82) is 0 Å². The van der Waals surface area contributed by atoms with Crippen LogP contribution in [0.2, 0.25) is 0 Å². The molecular weight excluding hydrogens is 390 g/mol. The maximum atomic E-state index is 13.3. The first-order valence-electron chi connectivity index (χ1n) is 11.4. The lowest BCUT2D eigenvalue weighted by Gasteiger charge is -2.33. The maximum absolute atomic E-state index is 13.3. The summed E-state index contributed by atoms with van der Waals surface area (Å²) >= 11 is 0. The molecule has 1 aromatic carbocycles. The Hall–Kier alpha value is -2.96. The van der Waals surface area contributed by atoms with Crippen LogP contribution in [0.25, 0.3) is 10.9 Å². The molecule has 0 bridgehead atoms. The van der Waals surface area contributed by atoms with Gasteiger partial charge in [-0.2, -0.15) is 5.10 Å². The fourth-order valence-electron chi connectivity index (χ4n) is 4.90. The predicted molar refractivity (Wildman–Crippen MR) is 119 cm³/mol. The number of carbonyl (C=O) groups excluding carboxylic acids is 1. The highest BCUT2D eigenvalue weighted by molar-refractivity contribution is 5.97. The van der Waals surface area contributed by atoms with Crippen molar-refractivity contribution in [3.63, 3.8) is 0 Å². The molecule has 2 aliphatic rings. The number of amides is 1. The minimum Gasteiger partial charge on any atom is -0.337 e. The molecule has 2 aromatic heterocycles. The molecule has 7 heteroatoms. The Bertz CT molecular complexity index is 1180. The molecule has 1 amide bonds. The summed E-state index contributed by atoms with van der Waals surface area (Å²) in [4.78, 5) is 33.0. The van der Waals surface area contributed by atoms with Crippen LogP contribution >= 0.6 is 0 Å². The van der Waals surface area contributed by atoms with E-state index in [1.54, 1.807) is 18.2 Å². The molecule has 1 atom stereocenters. The van der Waals surface area contributed by atoms with E-state index in [1.165, 1.54) is 6.42 Å². The largest absolute Gasteiger partial charge is 0.337 e. The van der Waals surface area contributed by atoms with Crippen LogP contribution in [0, 0.1) is 6.92 Å². The Morgan fingerprint density at radius 1 is 1.10 bits per heavy atom. The summed E-state index contributed by atoms with van der Waals surface area (Å²) < 4.78 is 3.82. The summed E-state index contributed by atoms with van der Waals surface area (Å²) in [7, 11) is 0. The van der Waals surface area contributed by atoms with Crippen molar-refractivity contribution in [3.05, 3.63) is 57.9 Å². The number of hydrogen-bond acceptors (Lipinski definition) is 4. The molecule has 162 valence electrons. The molecule has 3 aromatic rings. The molecule has 0 N–H and O–H groups in total. The highest BCUT2D eigenvalue weighted by Gasteiger charge is 2.26. The van der Waals surface area contributed by atoms with Crippen LogP contribution in [-0.4, -0.2) is 43.2 Å². The van der Waals surface area contributed by atoms with Gasteiger partial charge in [-0.15, -0.1) is 0 Å². The van der Waals surface area contributed by atoms with Crippen LogP contribution in [0.1, 0.15) is 66.3 Å². The number of benzene rings is 1. The van der Waals surface area contributed by atoms with Crippen LogP contribution in [0.5, 0.6) is 0 Å². The first-order valence-corrected chi connectivity index (χ1v) is 11.4. The minimum atomic E-state index is 0.00382. The number of hydrogen-bond donors (Lipinski definition) is 0. The van der Waals surface area contributed by atoms with Crippen LogP contribution < -0.4 is 5.56 Å². The fraction of sp³-hybridized carbons (Fsp3) is 0.500. The monoisotopic (exact) mass is 419 g/mol. The van der Waals surface area contributed by atoms with Gasteiger partial charge in [0.2, 0.25) is 0 Å². The third-order valence-corrected chi connectivity index (χ3v) is 6.60. The number of aryl methyl sites for hydroxylation is 2. The predicted octanol–water partition coefficient (Wildman–Crippen LogP) is 3.50. The number of fused-ring (bicyclic) bond motifs is 2. The molecule has 7 nitrogen and oxygen atoms in total. The van der Waals surface area contributed by atoms with Crippen molar-refractivity contribution in [2.24, 2.45) is 0 Å². The number of carbonyl (C=O) groups is 1. The molecule has 5 rings (SSSR count). The molecule has 1 saturated heterocycles. The van der Waals surface area contributed by atoms with E-state index < -0.39 is 0 Å². The number of aromatic nitrogens is 4. The van der Waals surface area contributed by atoms with Crippen molar-refractivity contribution >= 4 is 16.8 Å². The average molecular weight is 420 g/mol. The van der Waals surface area contributed by atoms with Crippen molar-refractivity contribution in [2.45, 2.75) is 64.5 Å². The smallest absolute Gasteiger partial charge is 0.261 e. The average Bonchev–Trinajstić information content (AvgIpc) is 3.21. The quantitative estimate of drug-likeness (QED) is 0.637. The number of rotatable bonds is 2. The van der Waals surface area contributed by atoms with E-state index in [1.807, 2.05) is 33.5 Å².